The number of hydrogen-bond acceptors (Lipinski definition) is 4. The average molecular weight is 339 g/mol. The predicted octanol–water partition coefficient (Wildman–Crippen LogP) is 3.02. The number of amides is 2. The Kier molecular flexibility index (Phi) is 6.00. The zero-order valence-corrected chi connectivity index (χ0v) is 14.6. The second-order valence-corrected chi connectivity index (χ2v) is 5.50. The van der Waals surface area contributed by atoms with Crippen LogP contribution < -0.4 is 5.32 Å². The van der Waals surface area contributed by atoms with Gasteiger partial charge in [0.05, 0.1) is 0 Å². The van der Waals surface area contributed by atoms with Crippen molar-refractivity contribution in [2.24, 2.45) is 0 Å². The highest BCUT2D eigenvalue weighted by Gasteiger charge is 2.16. The fourth-order valence-corrected chi connectivity index (χ4v) is 2.39. The summed E-state index contributed by atoms with van der Waals surface area (Å²) in [6.45, 7) is 6.45. The van der Waals surface area contributed by atoms with E-state index < -0.39 is 5.91 Å². The van der Waals surface area contributed by atoms with Crippen molar-refractivity contribution in [1.29, 1.82) is 0 Å². The van der Waals surface area contributed by atoms with Gasteiger partial charge >= 0.3 is 0 Å². The molecule has 2 amide bonds. The molecule has 0 bridgehead atoms. The molecule has 1 aromatic heterocycles. The van der Waals surface area contributed by atoms with Gasteiger partial charge in [0, 0.05) is 36.1 Å². The molecule has 0 radical (unpaired) electrons. The first-order chi connectivity index (χ1) is 12.0. The Bertz CT molecular complexity index is 798. The largest absolute Gasteiger partial charge is 0.339 e. The average Bonchev–Trinajstić information content (AvgIpc) is 2.63. The number of pyridine rings is 1. The van der Waals surface area contributed by atoms with Gasteiger partial charge in [-0.3, -0.25) is 19.4 Å². The first kappa shape index (κ1) is 18.3. The smallest absolute Gasteiger partial charge is 0.274 e. The standard InChI is InChI=1S/C19H21N3O3/c1-4-22(5-2)19(25)15-9-10-20-17(12-15)18(24)21-16-8-6-7-14(11-16)13(3)23/h6-12H,4-5H2,1-3H3,(H,21,24). The van der Waals surface area contributed by atoms with E-state index in [4.69, 9.17) is 0 Å². The van der Waals surface area contributed by atoms with Gasteiger partial charge in [0.1, 0.15) is 5.69 Å². The summed E-state index contributed by atoms with van der Waals surface area (Å²) in [7, 11) is 0. The Morgan fingerprint density at radius 2 is 1.76 bits per heavy atom. The highest BCUT2D eigenvalue weighted by Crippen LogP contribution is 2.13. The molecule has 1 heterocycles. The minimum Gasteiger partial charge on any atom is -0.339 e. The van der Waals surface area contributed by atoms with Crippen molar-refractivity contribution in [3.63, 3.8) is 0 Å². The number of aromatic nitrogens is 1. The Morgan fingerprint density at radius 1 is 1.04 bits per heavy atom. The molecular formula is C19H21N3O3. The maximum Gasteiger partial charge on any atom is 0.274 e. The summed E-state index contributed by atoms with van der Waals surface area (Å²) >= 11 is 0. The van der Waals surface area contributed by atoms with Crippen LogP contribution in [0.2, 0.25) is 0 Å². The van der Waals surface area contributed by atoms with Crippen LogP contribution in [0.5, 0.6) is 0 Å². The summed E-state index contributed by atoms with van der Waals surface area (Å²) < 4.78 is 0. The number of benzene rings is 1. The summed E-state index contributed by atoms with van der Waals surface area (Å²) in [6, 6.07) is 9.73. The van der Waals surface area contributed by atoms with Crippen LogP contribution in [0.25, 0.3) is 0 Å². The Morgan fingerprint density at radius 3 is 2.40 bits per heavy atom. The summed E-state index contributed by atoms with van der Waals surface area (Å²) in [4.78, 5) is 41.9. The molecule has 2 aromatic rings. The van der Waals surface area contributed by atoms with Crippen LogP contribution in [0.15, 0.2) is 42.6 Å². The van der Waals surface area contributed by atoms with E-state index in [1.807, 2.05) is 13.8 Å². The molecule has 6 nitrogen and oxygen atoms in total. The second kappa shape index (κ2) is 8.19. The van der Waals surface area contributed by atoms with Gasteiger partial charge in [-0.2, -0.15) is 0 Å². The molecule has 0 aliphatic carbocycles. The summed E-state index contributed by atoms with van der Waals surface area (Å²) in [5.74, 6) is -0.657. The summed E-state index contributed by atoms with van der Waals surface area (Å²) in [5.41, 5.74) is 1.57. The number of rotatable bonds is 6. The van der Waals surface area contributed by atoms with Crippen molar-refractivity contribution in [3.05, 3.63) is 59.4 Å². The number of ketones is 1. The lowest BCUT2D eigenvalue weighted by Gasteiger charge is -2.18. The second-order valence-electron chi connectivity index (χ2n) is 5.50. The fraction of sp³-hybridized carbons (Fsp3) is 0.263. The first-order valence-corrected chi connectivity index (χ1v) is 8.14. The van der Waals surface area contributed by atoms with E-state index in [1.54, 1.807) is 35.2 Å². The summed E-state index contributed by atoms with van der Waals surface area (Å²) in [6.07, 6.45) is 1.44. The number of carbonyl (C=O) groups is 3. The lowest BCUT2D eigenvalue weighted by Crippen LogP contribution is -2.30. The van der Waals surface area contributed by atoms with E-state index in [0.717, 1.165) is 0 Å². The fourth-order valence-electron chi connectivity index (χ4n) is 2.39. The maximum atomic E-state index is 12.4. The topological polar surface area (TPSA) is 79.4 Å². The molecule has 130 valence electrons. The molecule has 0 atom stereocenters. The van der Waals surface area contributed by atoms with E-state index in [0.29, 0.717) is 29.9 Å². The van der Waals surface area contributed by atoms with Crippen molar-refractivity contribution in [1.82, 2.24) is 9.88 Å². The number of hydrogen-bond donors (Lipinski definition) is 1. The molecule has 0 aliphatic rings. The van der Waals surface area contributed by atoms with Crippen LogP contribution in [-0.2, 0) is 0 Å². The minimum absolute atomic E-state index is 0.0824. The van der Waals surface area contributed by atoms with E-state index in [2.05, 4.69) is 10.3 Å². The van der Waals surface area contributed by atoms with E-state index in [-0.39, 0.29) is 17.4 Å². The molecule has 0 saturated heterocycles. The van der Waals surface area contributed by atoms with Gasteiger partial charge in [0.25, 0.3) is 11.8 Å². The van der Waals surface area contributed by atoms with Gasteiger partial charge in [0.2, 0.25) is 0 Å². The molecular weight excluding hydrogens is 318 g/mol. The molecule has 0 fully saturated rings. The van der Waals surface area contributed by atoms with Crippen molar-refractivity contribution in [2.45, 2.75) is 20.8 Å². The van der Waals surface area contributed by atoms with Crippen LogP contribution >= 0.6 is 0 Å². The molecule has 6 heteroatoms. The van der Waals surface area contributed by atoms with Gasteiger partial charge in [-0.05, 0) is 45.0 Å². The maximum absolute atomic E-state index is 12.4. The van der Waals surface area contributed by atoms with Gasteiger partial charge in [-0.15, -0.1) is 0 Å². The van der Waals surface area contributed by atoms with Crippen LogP contribution in [0.3, 0.4) is 0 Å². The van der Waals surface area contributed by atoms with E-state index in [9.17, 15) is 14.4 Å². The Labute approximate surface area is 146 Å². The van der Waals surface area contributed by atoms with E-state index in [1.165, 1.54) is 19.2 Å². The van der Waals surface area contributed by atoms with Crippen molar-refractivity contribution in [3.8, 4) is 0 Å². The zero-order chi connectivity index (χ0) is 18.4. The number of Topliss-reactive ketones (excluding diaryl/α,β-unsaturated/α-hetero) is 1. The van der Waals surface area contributed by atoms with Crippen LogP contribution in [-0.4, -0.2) is 40.6 Å². The Balaban J connectivity index is 2.20. The first-order valence-electron chi connectivity index (χ1n) is 8.14. The van der Waals surface area contributed by atoms with Crippen LogP contribution in [0.4, 0.5) is 5.69 Å². The van der Waals surface area contributed by atoms with Crippen LogP contribution in [0, 0.1) is 0 Å². The minimum atomic E-state index is -0.435. The highest BCUT2D eigenvalue weighted by atomic mass is 16.2. The van der Waals surface area contributed by atoms with Crippen molar-refractivity contribution < 1.29 is 14.4 Å². The van der Waals surface area contributed by atoms with E-state index >= 15 is 0 Å². The van der Waals surface area contributed by atoms with Crippen molar-refractivity contribution >= 4 is 23.3 Å². The monoisotopic (exact) mass is 339 g/mol. The van der Waals surface area contributed by atoms with Crippen LogP contribution in [0.1, 0.15) is 52.0 Å². The molecule has 2 rings (SSSR count). The summed E-state index contributed by atoms with van der Waals surface area (Å²) in [5, 5.41) is 2.70. The quantitative estimate of drug-likeness (QED) is 0.821. The molecule has 1 aromatic carbocycles. The third-order valence-corrected chi connectivity index (χ3v) is 3.82. The lowest BCUT2D eigenvalue weighted by molar-refractivity contribution is 0.0772. The third kappa shape index (κ3) is 4.50. The van der Waals surface area contributed by atoms with Gasteiger partial charge in [-0.25, -0.2) is 0 Å². The lowest BCUT2D eigenvalue weighted by atomic mass is 10.1. The SMILES string of the molecule is CCN(CC)C(=O)c1ccnc(C(=O)Nc2cccc(C(C)=O)c2)c1. The molecule has 0 aliphatic heterocycles. The molecule has 0 unspecified atom stereocenters. The number of nitrogens with one attached hydrogen (secondary N) is 1. The molecule has 0 saturated carbocycles. The molecule has 25 heavy (non-hydrogen) atoms. The molecule has 0 spiro atoms. The Hall–Kier alpha value is -3.02. The van der Waals surface area contributed by atoms with Gasteiger partial charge in [-0.1, -0.05) is 12.1 Å². The number of anilines is 1. The highest BCUT2D eigenvalue weighted by molar-refractivity contribution is 6.05. The van der Waals surface area contributed by atoms with Gasteiger partial charge < -0.3 is 10.2 Å². The molecule has 1 N–H and O–H groups in total. The van der Waals surface area contributed by atoms with Crippen molar-refractivity contribution in [2.75, 3.05) is 18.4 Å². The van der Waals surface area contributed by atoms with Gasteiger partial charge in [0.15, 0.2) is 5.78 Å². The normalized spacial score (nSPS) is 10.2. The number of nitrogens with zero attached hydrogens (tertiary/aromatic N) is 2. The predicted molar refractivity (Wildman–Crippen MR) is 95.9 cm³/mol. The third-order valence-electron chi connectivity index (χ3n) is 3.82. The number of carbonyl (C=O) groups excluding carboxylic acids is 3. The zero-order valence-electron chi connectivity index (χ0n) is 14.6.